The molecule has 2 aliphatic heterocycles. The number of azo groups is 1. The molecule has 0 aromatic rings. The Morgan fingerprint density at radius 1 is 1.17 bits per heavy atom. The monoisotopic (exact) mass is 177 g/mol. The number of allylic oxidation sites excluding steroid dienone is 3. The molecule has 0 spiro atoms. The Morgan fingerprint density at radius 2 is 1.92 bits per heavy atom. The molecule has 4 nitrogen and oxygen atoms in total. The van der Waals surface area contributed by atoms with E-state index in [1.807, 2.05) is 12.2 Å². The average Bonchev–Trinajstić information content (AvgIpc) is 2.54. The molecule has 0 aliphatic carbocycles. The molecule has 1 N–H and O–H groups in total. The van der Waals surface area contributed by atoms with Crippen molar-refractivity contribution in [1.29, 1.82) is 0 Å². The van der Waals surface area contributed by atoms with Crippen LogP contribution in [0.2, 0.25) is 0 Å². The van der Waals surface area contributed by atoms with Crippen molar-refractivity contribution < 1.29 is 0 Å². The topological polar surface area (TPSA) is 50.9 Å². The quantitative estimate of drug-likeness (QED) is 0.565. The second-order valence-electron chi connectivity index (χ2n) is 2.21. The predicted molar refractivity (Wildman–Crippen MR) is 48.0 cm³/mol. The Kier molecular flexibility index (Phi) is 1.71. The molecule has 0 aromatic carbocycles. The van der Waals surface area contributed by atoms with Crippen LogP contribution in [0.25, 0.3) is 0 Å². The Bertz CT molecular complexity index is 323. The fraction of sp³-hybridized carbons (Fsp3) is 0. The van der Waals surface area contributed by atoms with E-state index in [1.54, 1.807) is 12.4 Å². The van der Waals surface area contributed by atoms with Crippen molar-refractivity contribution in [2.24, 2.45) is 10.2 Å². The maximum absolute atomic E-state index is 4.79. The van der Waals surface area contributed by atoms with E-state index >= 15 is 0 Å². The summed E-state index contributed by atoms with van der Waals surface area (Å²) in [6, 6.07) is 0. The van der Waals surface area contributed by atoms with E-state index < -0.39 is 0 Å². The molecular weight excluding hydrogens is 172 g/mol. The molecule has 1 radical (unpaired) electrons. The SMILES string of the molecule is S=C1N=NC(=C2C=C[N]C=C2)N1. The lowest BCUT2D eigenvalue weighted by Crippen LogP contribution is -2.12. The van der Waals surface area contributed by atoms with Gasteiger partial charge in [-0.1, -0.05) is 0 Å². The summed E-state index contributed by atoms with van der Waals surface area (Å²) in [5.41, 5.74) is 0.939. The molecule has 12 heavy (non-hydrogen) atoms. The minimum Gasteiger partial charge on any atom is -0.312 e. The predicted octanol–water partition coefficient (Wildman–Crippen LogP) is 1.18. The van der Waals surface area contributed by atoms with Crippen molar-refractivity contribution in [1.82, 2.24) is 10.6 Å². The van der Waals surface area contributed by atoms with Crippen LogP contribution in [0.1, 0.15) is 0 Å². The van der Waals surface area contributed by atoms with Gasteiger partial charge in [-0.15, -0.1) is 10.2 Å². The molecule has 2 heterocycles. The van der Waals surface area contributed by atoms with Gasteiger partial charge < -0.3 is 5.32 Å². The van der Waals surface area contributed by atoms with Crippen molar-refractivity contribution >= 4 is 17.3 Å². The van der Waals surface area contributed by atoms with Crippen molar-refractivity contribution in [2.75, 3.05) is 0 Å². The fourth-order valence-corrected chi connectivity index (χ4v) is 1.02. The van der Waals surface area contributed by atoms with Crippen molar-refractivity contribution in [3.05, 3.63) is 35.9 Å². The van der Waals surface area contributed by atoms with Gasteiger partial charge >= 0.3 is 0 Å². The summed E-state index contributed by atoms with van der Waals surface area (Å²) >= 11 is 4.79. The zero-order chi connectivity index (χ0) is 8.39. The Balaban J connectivity index is 2.31. The van der Waals surface area contributed by atoms with E-state index in [2.05, 4.69) is 20.9 Å². The first-order valence-electron chi connectivity index (χ1n) is 3.36. The van der Waals surface area contributed by atoms with Gasteiger partial charge in [-0.3, -0.25) is 5.32 Å². The first kappa shape index (κ1) is 7.17. The normalized spacial score (nSPS) is 19.8. The average molecular weight is 177 g/mol. The van der Waals surface area contributed by atoms with E-state index in [0.29, 0.717) is 10.9 Å². The highest BCUT2D eigenvalue weighted by molar-refractivity contribution is 7.80. The zero-order valence-corrected chi connectivity index (χ0v) is 6.88. The number of hydrogen-bond acceptors (Lipinski definition) is 2. The van der Waals surface area contributed by atoms with Crippen LogP contribution in [0.15, 0.2) is 46.2 Å². The first-order valence-corrected chi connectivity index (χ1v) is 3.77. The van der Waals surface area contributed by atoms with Crippen LogP contribution in [0.5, 0.6) is 0 Å². The number of hydrogen-bond donors (Lipinski definition) is 1. The highest BCUT2D eigenvalue weighted by Gasteiger charge is 2.10. The molecule has 0 saturated carbocycles. The molecule has 2 aliphatic rings. The maximum atomic E-state index is 4.79. The summed E-state index contributed by atoms with van der Waals surface area (Å²) in [4.78, 5) is 0. The van der Waals surface area contributed by atoms with Crippen molar-refractivity contribution in [3.8, 4) is 0 Å². The smallest absolute Gasteiger partial charge is 0.219 e. The molecule has 0 saturated heterocycles. The summed E-state index contributed by atoms with van der Waals surface area (Å²) in [6.07, 6.45) is 7.08. The molecule has 5 heteroatoms. The van der Waals surface area contributed by atoms with Gasteiger partial charge in [0, 0.05) is 18.0 Å². The highest BCUT2D eigenvalue weighted by atomic mass is 32.1. The zero-order valence-electron chi connectivity index (χ0n) is 6.06. The van der Waals surface area contributed by atoms with E-state index in [0.717, 1.165) is 5.57 Å². The van der Waals surface area contributed by atoms with Crippen LogP contribution in [0.3, 0.4) is 0 Å². The van der Waals surface area contributed by atoms with Gasteiger partial charge in [0.15, 0.2) is 5.82 Å². The fourth-order valence-electron chi connectivity index (χ4n) is 0.886. The third-order valence-corrected chi connectivity index (χ3v) is 1.60. The molecule has 59 valence electrons. The number of nitrogens with zero attached hydrogens (tertiary/aromatic N) is 3. The molecule has 0 aromatic heterocycles. The van der Waals surface area contributed by atoms with Gasteiger partial charge in [0.25, 0.3) is 0 Å². The van der Waals surface area contributed by atoms with Gasteiger partial charge in [0.05, 0.1) is 0 Å². The van der Waals surface area contributed by atoms with E-state index in [4.69, 9.17) is 12.2 Å². The van der Waals surface area contributed by atoms with Crippen LogP contribution in [0.4, 0.5) is 0 Å². The molecule has 0 atom stereocenters. The summed E-state index contributed by atoms with van der Waals surface area (Å²) in [5, 5.41) is 14.7. The van der Waals surface area contributed by atoms with E-state index in [-0.39, 0.29) is 0 Å². The summed E-state index contributed by atoms with van der Waals surface area (Å²) < 4.78 is 0. The van der Waals surface area contributed by atoms with Gasteiger partial charge in [-0.25, -0.2) is 0 Å². The second kappa shape index (κ2) is 2.86. The van der Waals surface area contributed by atoms with Gasteiger partial charge in [0.2, 0.25) is 5.11 Å². The molecule has 0 fully saturated rings. The second-order valence-corrected chi connectivity index (χ2v) is 2.60. The molecule has 0 bridgehead atoms. The van der Waals surface area contributed by atoms with E-state index in [1.165, 1.54) is 0 Å². The number of rotatable bonds is 0. The van der Waals surface area contributed by atoms with Crippen LogP contribution in [0, 0.1) is 0 Å². The van der Waals surface area contributed by atoms with Crippen molar-refractivity contribution in [2.45, 2.75) is 0 Å². The van der Waals surface area contributed by atoms with Crippen LogP contribution >= 0.6 is 12.2 Å². The summed E-state index contributed by atoms with van der Waals surface area (Å²) in [7, 11) is 0. The first-order chi connectivity index (χ1) is 5.86. The lowest BCUT2D eigenvalue weighted by molar-refractivity contribution is 1.07. The molecular formula is C7H5N4S. The number of thiocarbonyl (C=S) groups is 1. The van der Waals surface area contributed by atoms with Gasteiger partial charge in [-0.2, -0.15) is 0 Å². The largest absolute Gasteiger partial charge is 0.312 e. The lowest BCUT2D eigenvalue weighted by atomic mass is 10.2. The standard InChI is InChI=1S/C7H5N4S/c12-7-9-6(10-11-7)5-1-3-8-4-2-5/h1-4H,(H,9,12). The Labute approximate surface area is 74.8 Å². The maximum Gasteiger partial charge on any atom is 0.219 e. The highest BCUT2D eigenvalue weighted by Crippen LogP contribution is 2.13. The van der Waals surface area contributed by atoms with Crippen molar-refractivity contribution in [3.63, 3.8) is 0 Å². The van der Waals surface area contributed by atoms with Gasteiger partial charge in [0.1, 0.15) is 0 Å². The molecule has 2 rings (SSSR count). The lowest BCUT2D eigenvalue weighted by Gasteiger charge is -2.01. The third kappa shape index (κ3) is 1.26. The van der Waals surface area contributed by atoms with Crippen LogP contribution < -0.4 is 10.6 Å². The number of nitrogens with one attached hydrogen (secondary N) is 1. The van der Waals surface area contributed by atoms with E-state index in [9.17, 15) is 0 Å². The minimum atomic E-state index is 0.404. The minimum absolute atomic E-state index is 0.404. The Morgan fingerprint density at radius 3 is 2.50 bits per heavy atom. The molecule has 0 unspecified atom stereocenters. The summed E-state index contributed by atoms with van der Waals surface area (Å²) in [6.45, 7) is 0. The van der Waals surface area contributed by atoms with Gasteiger partial charge in [-0.05, 0) is 24.4 Å². The molecule has 0 amide bonds. The van der Waals surface area contributed by atoms with Crippen LogP contribution in [-0.2, 0) is 0 Å². The Hall–Kier alpha value is -1.49. The third-order valence-electron chi connectivity index (χ3n) is 1.42. The van der Waals surface area contributed by atoms with Crippen LogP contribution in [-0.4, -0.2) is 5.11 Å². The summed E-state index contributed by atoms with van der Waals surface area (Å²) in [5.74, 6) is 0.683.